The van der Waals surface area contributed by atoms with Gasteiger partial charge in [0.25, 0.3) is 0 Å². The Hall–Kier alpha value is -2.58. The van der Waals surface area contributed by atoms with Crippen LogP contribution in [0.5, 0.6) is 0 Å². The van der Waals surface area contributed by atoms with Gasteiger partial charge in [0.1, 0.15) is 0 Å². The Kier molecular flexibility index (Phi) is 6.31. The number of anilines is 3. The summed E-state index contributed by atoms with van der Waals surface area (Å²) < 4.78 is 0. The van der Waals surface area contributed by atoms with Crippen LogP contribution in [-0.2, 0) is 6.42 Å². The number of nitrogens with zero attached hydrogens (tertiary/aromatic N) is 2. The molecular weight excluding hydrogens is 328 g/mol. The van der Waals surface area contributed by atoms with Crippen molar-refractivity contribution in [3.05, 3.63) is 89.5 Å². The first-order chi connectivity index (χ1) is 13.0. The zero-order valence-corrected chi connectivity index (χ0v) is 16.9. The summed E-state index contributed by atoms with van der Waals surface area (Å²) >= 11 is 0. The molecule has 0 spiro atoms. The van der Waals surface area contributed by atoms with Gasteiger partial charge < -0.3 is 9.80 Å². The molecule has 2 heteroatoms. The van der Waals surface area contributed by atoms with Gasteiger partial charge >= 0.3 is 0 Å². The molecular formula is C25H30N2. The second-order valence-corrected chi connectivity index (χ2v) is 7.58. The van der Waals surface area contributed by atoms with E-state index >= 15 is 0 Å². The first-order valence-electron chi connectivity index (χ1n) is 9.70. The van der Waals surface area contributed by atoms with Crippen LogP contribution in [0.4, 0.5) is 17.1 Å². The molecule has 2 nitrogen and oxygen atoms in total. The van der Waals surface area contributed by atoms with Crippen LogP contribution in [0.25, 0.3) is 0 Å². The van der Waals surface area contributed by atoms with E-state index in [4.69, 9.17) is 0 Å². The predicted octanol–water partition coefficient (Wildman–Crippen LogP) is 6.27. The maximum absolute atomic E-state index is 2.32. The predicted molar refractivity (Wildman–Crippen MR) is 117 cm³/mol. The lowest BCUT2D eigenvalue weighted by molar-refractivity contribution is 0.400. The fraction of sp³-hybridized carbons (Fsp3) is 0.280. The number of aryl methyl sites for hydroxylation is 3. The van der Waals surface area contributed by atoms with Crippen LogP contribution in [0.1, 0.15) is 23.1 Å². The topological polar surface area (TPSA) is 6.48 Å². The van der Waals surface area contributed by atoms with Gasteiger partial charge in [-0.2, -0.15) is 0 Å². The van der Waals surface area contributed by atoms with E-state index in [0.29, 0.717) is 0 Å². The quantitative estimate of drug-likeness (QED) is 0.491. The number of hydrogen-bond donors (Lipinski definition) is 0. The summed E-state index contributed by atoms with van der Waals surface area (Å²) in [6.07, 6.45) is 2.31. The Morgan fingerprint density at radius 1 is 0.593 bits per heavy atom. The summed E-state index contributed by atoms with van der Waals surface area (Å²) in [5.74, 6) is 0. The normalized spacial score (nSPS) is 11.0. The molecule has 0 heterocycles. The summed E-state index contributed by atoms with van der Waals surface area (Å²) in [5, 5.41) is 0. The molecule has 0 aliphatic heterocycles. The van der Waals surface area contributed by atoms with Gasteiger partial charge in [-0.15, -0.1) is 0 Å². The molecule has 0 aliphatic carbocycles. The first kappa shape index (κ1) is 19.2. The van der Waals surface area contributed by atoms with E-state index in [-0.39, 0.29) is 0 Å². The van der Waals surface area contributed by atoms with Gasteiger partial charge in [-0.1, -0.05) is 47.5 Å². The Morgan fingerprint density at radius 2 is 1.00 bits per heavy atom. The van der Waals surface area contributed by atoms with Crippen LogP contribution >= 0.6 is 0 Å². The van der Waals surface area contributed by atoms with Gasteiger partial charge in [0, 0.05) is 17.1 Å². The van der Waals surface area contributed by atoms with Gasteiger partial charge in [0.2, 0.25) is 0 Å². The average molecular weight is 359 g/mol. The maximum Gasteiger partial charge on any atom is 0.0461 e. The highest BCUT2D eigenvalue weighted by Crippen LogP contribution is 2.34. The van der Waals surface area contributed by atoms with Crippen molar-refractivity contribution in [2.45, 2.75) is 26.7 Å². The lowest BCUT2D eigenvalue weighted by atomic mass is 10.1. The van der Waals surface area contributed by atoms with E-state index in [1.165, 1.54) is 40.2 Å². The Balaban J connectivity index is 1.88. The SMILES string of the molecule is Cc1ccc(N(c2ccc(C)cc2)c2ccc(CCCN(C)C)cc2)cc1. The van der Waals surface area contributed by atoms with E-state index in [1.807, 2.05) is 0 Å². The van der Waals surface area contributed by atoms with Crippen molar-refractivity contribution in [3.63, 3.8) is 0 Å². The maximum atomic E-state index is 2.32. The molecule has 0 aliphatic rings. The van der Waals surface area contributed by atoms with Crippen molar-refractivity contribution in [1.29, 1.82) is 0 Å². The lowest BCUT2D eigenvalue weighted by Gasteiger charge is -2.26. The zero-order valence-electron chi connectivity index (χ0n) is 16.9. The zero-order chi connectivity index (χ0) is 19.2. The van der Waals surface area contributed by atoms with Gasteiger partial charge in [0.05, 0.1) is 0 Å². The van der Waals surface area contributed by atoms with E-state index in [0.717, 1.165) is 13.0 Å². The van der Waals surface area contributed by atoms with Crippen molar-refractivity contribution in [3.8, 4) is 0 Å². The molecule has 0 fully saturated rings. The molecule has 140 valence electrons. The number of rotatable bonds is 7. The summed E-state index contributed by atoms with van der Waals surface area (Å²) in [6.45, 7) is 5.38. The highest BCUT2D eigenvalue weighted by Gasteiger charge is 2.12. The van der Waals surface area contributed by atoms with Crippen molar-refractivity contribution in [2.75, 3.05) is 25.5 Å². The molecule has 0 amide bonds. The van der Waals surface area contributed by atoms with E-state index in [1.54, 1.807) is 0 Å². The molecule has 3 aromatic rings. The molecule has 0 saturated carbocycles. The summed E-state index contributed by atoms with van der Waals surface area (Å²) in [7, 11) is 4.26. The van der Waals surface area contributed by atoms with Gasteiger partial charge in [-0.3, -0.25) is 0 Å². The van der Waals surface area contributed by atoms with Crippen LogP contribution < -0.4 is 4.90 Å². The largest absolute Gasteiger partial charge is 0.311 e. The minimum Gasteiger partial charge on any atom is -0.311 e. The van der Waals surface area contributed by atoms with Crippen LogP contribution in [0.2, 0.25) is 0 Å². The first-order valence-corrected chi connectivity index (χ1v) is 9.70. The van der Waals surface area contributed by atoms with Crippen LogP contribution in [0, 0.1) is 13.8 Å². The highest BCUT2D eigenvalue weighted by atomic mass is 15.1. The van der Waals surface area contributed by atoms with Crippen molar-refractivity contribution >= 4 is 17.1 Å². The molecule has 0 atom stereocenters. The minimum absolute atomic E-state index is 1.12. The minimum atomic E-state index is 1.12. The van der Waals surface area contributed by atoms with Crippen molar-refractivity contribution in [2.24, 2.45) is 0 Å². The summed E-state index contributed by atoms with van der Waals surface area (Å²) in [4.78, 5) is 4.56. The molecule has 3 aromatic carbocycles. The molecule has 0 N–H and O–H groups in total. The molecule has 0 bridgehead atoms. The van der Waals surface area contributed by atoms with Gasteiger partial charge in [-0.25, -0.2) is 0 Å². The monoisotopic (exact) mass is 358 g/mol. The molecule has 0 aromatic heterocycles. The smallest absolute Gasteiger partial charge is 0.0461 e. The van der Waals surface area contributed by atoms with Crippen molar-refractivity contribution in [1.82, 2.24) is 4.90 Å². The number of hydrogen-bond acceptors (Lipinski definition) is 2. The number of benzene rings is 3. The molecule has 3 rings (SSSR count). The molecule has 0 unspecified atom stereocenters. The standard InChI is InChI=1S/C25H30N2/c1-20-7-13-23(14-8-20)27(24-15-9-21(2)10-16-24)25-17-11-22(12-18-25)6-5-19-26(3)4/h7-18H,5-6,19H2,1-4H3. The molecule has 0 saturated heterocycles. The second kappa shape index (κ2) is 8.88. The van der Waals surface area contributed by atoms with Gasteiger partial charge in [-0.05, 0) is 89.3 Å². The highest BCUT2D eigenvalue weighted by molar-refractivity contribution is 5.76. The van der Waals surface area contributed by atoms with Crippen LogP contribution in [-0.4, -0.2) is 25.5 Å². The Morgan fingerprint density at radius 3 is 1.41 bits per heavy atom. The van der Waals surface area contributed by atoms with Crippen molar-refractivity contribution < 1.29 is 0 Å². The van der Waals surface area contributed by atoms with E-state index in [2.05, 4.69) is 111 Å². The van der Waals surface area contributed by atoms with Gasteiger partial charge in [0.15, 0.2) is 0 Å². The summed E-state index contributed by atoms with van der Waals surface area (Å²) in [5.41, 5.74) is 7.51. The lowest BCUT2D eigenvalue weighted by Crippen LogP contribution is -2.13. The van der Waals surface area contributed by atoms with E-state index < -0.39 is 0 Å². The fourth-order valence-corrected chi connectivity index (χ4v) is 3.25. The van der Waals surface area contributed by atoms with E-state index in [9.17, 15) is 0 Å². The third kappa shape index (κ3) is 5.21. The Bertz CT molecular complexity index is 786. The molecule has 0 radical (unpaired) electrons. The third-order valence-electron chi connectivity index (χ3n) is 4.85. The third-order valence-corrected chi connectivity index (χ3v) is 4.85. The van der Waals surface area contributed by atoms with Crippen LogP contribution in [0.3, 0.4) is 0 Å². The summed E-state index contributed by atoms with van der Waals surface area (Å²) in [6, 6.07) is 26.5. The fourth-order valence-electron chi connectivity index (χ4n) is 3.25. The average Bonchev–Trinajstić information content (AvgIpc) is 2.66. The van der Waals surface area contributed by atoms with Crippen LogP contribution in [0.15, 0.2) is 72.8 Å². The second-order valence-electron chi connectivity index (χ2n) is 7.58. The Labute approximate surface area is 164 Å². The molecule has 27 heavy (non-hydrogen) atoms.